The SMILES string of the molecule is CN(C)C[C@@H]1OCCN(C(=O)CCc2cccnc2)[C@H]1c1cnn(C)c1. The first-order chi connectivity index (χ1) is 12.5. The highest BCUT2D eigenvalue weighted by atomic mass is 16.5. The van der Waals surface area contributed by atoms with Gasteiger partial charge in [0.15, 0.2) is 0 Å². The number of hydrogen-bond acceptors (Lipinski definition) is 5. The summed E-state index contributed by atoms with van der Waals surface area (Å²) in [6.45, 7) is 1.93. The van der Waals surface area contributed by atoms with Crippen LogP contribution in [0.5, 0.6) is 0 Å². The molecule has 1 aliphatic rings. The molecule has 0 N–H and O–H groups in total. The molecule has 2 aromatic rings. The van der Waals surface area contributed by atoms with E-state index in [0.29, 0.717) is 26.0 Å². The molecule has 0 spiro atoms. The number of rotatable bonds is 6. The molecule has 26 heavy (non-hydrogen) atoms. The maximum atomic E-state index is 13.0. The van der Waals surface area contributed by atoms with Crippen LogP contribution < -0.4 is 0 Å². The smallest absolute Gasteiger partial charge is 0.223 e. The quantitative estimate of drug-likeness (QED) is 0.779. The van der Waals surface area contributed by atoms with E-state index in [4.69, 9.17) is 4.74 Å². The Hall–Kier alpha value is -2.25. The molecule has 3 heterocycles. The number of carbonyl (C=O) groups is 1. The van der Waals surface area contributed by atoms with E-state index in [9.17, 15) is 4.79 Å². The number of likely N-dealkylation sites (N-methyl/N-ethyl adjacent to an activating group) is 1. The van der Waals surface area contributed by atoms with Gasteiger partial charge >= 0.3 is 0 Å². The van der Waals surface area contributed by atoms with Crippen molar-refractivity contribution in [2.75, 3.05) is 33.8 Å². The Morgan fingerprint density at radius 1 is 1.38 bits per heavy atom. The Morgan fingerprint density at radius 3 is 2.88 bits per heavy atom. The number of nitrogens with zero attached hydrogens (tertiary/aromatic N) is 5. The van der Waals surface area contributed by atoms with Crippen LogP contribution in [0.1, 0.15) is 23.6 Å². The van der Waals surface area contributed by atoms with Gasteiger partial charge in [-0.25, -0.2) is 0 Å². The minimum absolute atomic E-state index is 0.0645. The van der Waals surface area contributed by atoms with E-state index >= 15 is 0 Å². The summed E-state index contributed by atoms with van der Waals surface area (Å²) >= 11 is 0. The van der Waals surface area contributed by atoms with Gasteiger partial charge in [-0.2, -0.15) is 5.10 Å². The molecule has 0 bridgehead atoms. The zero-order chi connectivity index (χ0) is 18.5. The third kappa shape index (κ3) is 4.47. The second kappa shape index (κ2) is 8.42. The molecule has 0 saturated carbocycles. The van der Waals surface area contributed by atoms with Crippen molar-refractivity contribution in [1.82, 2.24) is 24.6 Å². The largest absolute Gasteiger partial charge is 0.373 e. The first-order valence-electron chi connectivity index (χ1n) is 8.98. The molecule has 0 aromatic carbocycles. The van der Waals surface area contributed by atoms with Crippen molar-refractivity contribution in [2.24, 2.45) is 7.05 Å². The first-order valence-corrected chi connectivity index (χ1v) is 8.98. The van der Waals surface area contributed by atoms with Crippen molar-refractivity contribution in [3.8, 4) is 0 Å². The molecular weight excluding hydrogens is 330 g/mol. The summed E-state index contributed by atoms with van der Waals surface area (Å²) in [5, 5.41) is 4.29. The van der Waals surface area contributed by atoms with Crippen LogP contribution >= 0.6 is 0 Å². The highest BCUT2D eigenvalue weighted by Crippen LogP contribution is 2.30. The third-order valence-corrected chi connectivity index (χ3v) is 4.63. The van der Waals surface area contributed by atoms with Crippen molar-refractivity contribution in [3.05, 3.63) is 48.0 Å². The van der Waals surface area contributed by atoms with Crippen molar-refractivity contribution in [2.45, 2.75) is 25.0 Å². The average molecular weight is 357 g/mol. The summed E-state index contributed by atoms with van der Waals surface area (Å²) in [6.07, 6.45) is 8.48. The molecule has 1 fully saturated rings. The molecule has 1 amide bonds. The predicted molar refractivity (Wildman–Crippen MR) is 98.5 cm³/mol. The lowest BCUT2D eigenvalue weighted by Crippen LogP contribution is -2.51. The number of hydrogen-bond donors (Lipinski definition) is 0. The Balaban J connectivity index is 1.76. The van der Waals surface area contributed by atoms with Crippen LogP contribution in [0.3, 0.4) is 0 Å². The van der Waals surface area contributed by atoms with Gasteiger partial charge in [-0.15, -0.1) is 0 Å². The molecule has 140 valence electrons. The van der Waals surface area contributed by atoms with Crippen molar-refractivity contribution in [1.29, 1.82) is 0 Å². The van der Waals surface area contributed by atoms with E-state index in [2.05, 4.69) is 15.0 Å². The number of aryl methyl sites for hydroxylation is 2. The average Bonchev–Trinajstić information content (AvgIpc) is 3.06. The minimum atomic E-state index is -0.110. The Bertz CT molecular complexity index is 716. The van der Waals surface area contributed by atoms with Crippen LogP contribution in [0.15, 0.2) is 36.9 Å². The molecule has 7 heteroatoms. The first kappa shape index (κ1) is 18.5. The topological polar surface area (TPSA) is 63.5 Å². The highest BCUT2D eigenvalue weighted by molar-refractivity contribution is 5.77. The summed E-state index contributed by atoms with van der Waals surface area (Å²) < 4.78 is 7.80. The number of morpholine rings is 1. The lowest BCUT2D eigenvalue weighted by molar-refractivity contribution is -0.148. The predicted octanol–water partition coefficient (Wildman–Crippen LogP) is 1.28. The summed E-state index contributed by atoms with van der Waals surface area (Å²) in [5.41, 5.74) is 2.10. The fourth-order valence-electron chi connectivity index (χ4n) is 3.45. The van der Waals surface area contributed by atoms with E-state index < -0.39 is 0 Å². The number of pyridine rings is 1. The van der Waals surface area contributed by atoms with E-state index in [-0.39, 0.29) is 18.1 Å². The van der Waals surface area contributed by atoms with E-state index in [1.54, 1.807) is 10.9 Å². The van der Waals surface area contributed by atoms with Crippen LogP contribution in [0, 0.1) is 0 Å². The molecule has 0 radical (unpaired) electrons. The summed E-state index contributed by atoms with van der Waals surface area (Å²) in [5.74, 6) is 0.148. The molecule has 1 saturated heterocycles. The van der Waals surface area contributed by atoms with Gasteiger partial charge < -0.3 is 14.5 Å². The summed E-state index contributed by atoms with van der Waals surface area (Å²) in [4.78, 5) is 21.2. The van der Waals surface area contributed by atoms with E-state index in [1.807, 2.05) is 56.8 Å². The molecule has 0 unspecified atom stereocenters. The van der Waals surface area contributed by atoms with Gasteiger partial charge in [-0.05, 0) is 32.1 Å². The van der Waals surface area contributed by atoms with Gasteiger partial charge in [-0.3, -0.25) is 14.5 Å². The molecule has 7 nitrogen and oxygen atoms in total. The monoisotopic (exact) mass is 357 g/mol. The number of amides is 1. The highest BCUT2D eigenvalue weighted by Gasteiger charge is 2.37. The standard InChI is InChI=1S/C19H27N5O2/c1-22(2)14-17-19(16-12-21-23(3)13-16)24(9-10-26-17)18(25)7-6-15-5-4-8-20-11-15/h4-5,8,11-13,17,19H,6-7,9-10,14H2,1-3H3/t17-,19-/m0/s1. The van der Waals surface area contributed by atoms with Crippen LogP contribution in [0.2, 0.25) is 0 Å². The van der Waals surface area contributed by atoms with Gasteiger partial charge in [0, 0.05) is 50.7 Å². The fraction of sp³-hybridized carbons (Fsp3) is 0.526. The van der Waals surface area contributed by atoms with Gasteiger partial charge in [0.05, 0.1) is 24.9 Å². The Kier molecular flexibility index (Phi) is 6.00. The van der Waals surface area contributed by atoms with Gasteiger partial charge in [0.25, 0.3) is 0 Å². The van der Waals surface area contributed by atoms with Crippen molar-refractivity contribution < 1.29 is 9.53 Å². The lowest BCUT2D eigenvalue weighted by atomic mass is 9.99. The van der Waals surface area contributed by atoms with Crippen molar-refractivity contribution >= 4 is 5.91 Å². The van der Waals surface area contributed by atoms with E-state index in [1.165, 1.54) is 0 Å². The lowest BCUT2D eigenvalue weighted by Gasteiger charge is -2.42. The summed E-state index contributed by atoms with van der Waals surface area (Å²) in [6, 6.07) is 3.80. The van der Waals surface area contributed by atoms with Gasteiger partial charge in [0.1, 0.15) is 0 Å². The van der Waals surface area contributed by atoms with Crippen LogP contribution in [0.4, 0.5) is 0 Å². The molecule has 2 atom stereocenters. The molecule has 2 aromatic heterocycles. The maximum Gasteiger partial charge on any atom is 0.223 e. The van der Waals surface area contributed by atoms with Gasteiger partial charge in [-0.1, -0.05) is 6.07 Å². The number of aromatic nitrogens is 3. The Labute approximate surface area is 154 Å². The minimum Gasteiger partial charge on any atom is -0.373 e. The normalized spacial score (nSPS) is 20.5. The summed E-state index contributed by atoms with van der Waals surface area (Å²) in [7, 11) is 5.93. The zero-order valence-corrected chi connectivity index (χ0v) is 15.7. The van der Waals surface area contributed by atoms with Crippen molar-refractivity contribution in [3.63, 3.8) is 0 Å². The van der Waals surface area contributed by atoms with Crippen LogP contribution in [-0.4, -0.2) is 70.4 Å². The fourth-order valence-corrected chi connectivity index (χ4v) is 3.45. The zero-order valence-electron chi connectivity index (χ0n) is 15.7. The number of carbonyl (C=O) groups excluding carboxylic acids is 1. The molecular formula is C19H27N5O2. The Morgan fingerprint density at radius 2 is 2.23 bits per heavy atom. The van der Waals surface area contributed by atoms with Crippen LogP contribution in [-0.2, 0) is 23.0 Å². The van der Waals surface area contributed by atoms with E-state index in [0.717, 1.165) is 17.7 Å². The van der Waals surface area contributed by atoms with Gasteiger partial charge in [0.2, 0.25) is 5.91 Å². The second-order valence-corrected chi connectivity index (χ2v) is 7.01. The third-order valence-electron chi connectivity index (χ3n) is 4.63. The maximum absolute atomic E-state index is 13.0. The molecule has 3 rings (SSSR count). The molecule has 0 aliphatic carbocycles. The number of ether oxygens (including phenoxy) is 1. The molecule has 1 aliphatic heterocycles. The second-order valence-electron chi connectivity index (χ2n) is 7.01. The van der Waals surface area contributed by atoms with Crippen LogP contribution in [0.25, 0.3) is 0 Å².